The fourth-order valence-corrected chi connectivity index (χ4v) is 1.66. The number of hydrogen-bond donors (Lipinski definition) is 1. The Morgan fingerprint density at radius 3 is 2.57 bits per heavy atom. The zero-order valence-corrected chi connectivity index (χ0v) is 10.7. The Morgan fingerprint density at radius 2 is 2.00 bits per heavy atom. The first-order chi connectivity index (χ1) is 6.75. The molecule has 0 N–H and O–H groups in total. The standard InChI is InChI=1S/C11H13OSSe/c1-2-12-8-10(14)11(13)9-6-4-3-5-7-9/h3-7,13H,2,8H2,1H3/b11-10+. The topological polar surface area (TPSA) is 9.23 Å². The molecule has 0 amide bonds. The Kier molecular flexibility index (Phi) is 5.34. The van der Waals surface area contributed by atoms with Gasteiger partial charge in [-0.3, -0.25) is 0 Å². The van der Waals surface area contributed by atoms with Gasteiger partial charge in [-0.2, -0.15) is 0 Å². The summed E-state index contributed by atoms with van der Waals surface area (Å²) in [4.78, 5) is 0.957. The molecule has 0 bridgehead atoms. The Bertz CT molecular complexity index is 308. The van der Waals surface area contributed by atoms with Crippen molar-refractivity contribution in [3.05, 3.63) is 40.4 Å². The molecule has 0 aliphatic rings. The van der Waals surface area contributed by atoms with Gasteiger partial charge in [0.15, 0.2) is 0 Å². The predicted molar refractivity (Wildman–Crippen MR) is 64.6 cm³/mol. The summed E-state index contributed by atoms with van der Waals surface area (Å²) < 4.78 is 6.34. The minimum absolute atomic E-state index is 0.601. The van der Waals surface area contributed by atoms with Crippen LogP contribution in [0.1, 0.15) is 12.5 Å². The zero-order chi connectivity index (χ0) is 10.4. The summed E-state index contributed by atoms with van der Waals surface area (Å²) in [5.74, 6) is 0. The van der Waals surface area contributed by atoms with Crippen molar-refractivity contribution in [2.75, 3.05) is 13.2 Å². The monoisotopic (exact) mass is 273 g/mol. The summed E-state index contributed by atoms with van der Waals surface area (Å²) in [5.41, 5.74) is 1.12. The molecule has 1 radical (unpaired) electrons. The van der Waals surface area contributed by atoms with Crippen LogP contribution in [0.2, 0.25) is 0 Å². The second-order valence-corrected chi connectivity index (χ2v) is 4.26. The molecule has 75 valence electrons. The van der Waals surface area contributed by atoms with Gasteiger partial charge in [0.05, 0.1) is 0 Å². The van der Waals surface area contributed by atoms with Gasteiger partial charge in [-0.1, -0.05) is 0 Å². The zero-order valence-electron chi connectivity index (χ0n) is 8.06. The summed E-state index contributed by atoms with van der Waals surface area (Å²) in [6.07, 6.45) is 0. The quantitative estimate of drug-likeness (QED) is 0.654. The molecule has 0 unspecified atom stereocenters. The van der Waals surface area contributed by atoms with E-state index < -0.39 is 0 Å². The van der Waals surface area contributed by atoms with Gasteiger partial charge in [-0.15, -0.1) is 0 Å². The van der Waals surface area contributed by atoms with E-state index in [4.69, 9.17) is 4.74 Å². The van der Waals surface area contributed by atoms with Crippen molar-refractivity contribution in [2.45, 2.75) is 6.92 Å². The van der Waals surface area contributed by atoms with Crippen LogP contribution >= 0.6 is 12.6 Å². The van der Waals surface area contributed by atoms with Crippen molar-refractivity contribution < 1.29 is 4.74 Å². The van der Waals surface area contributed by atoms with E-state index in [1.54, 1.807) is 0 Å². The van der Waals surface area contributed by atoms with Crippen LogP contribution in [0, 0.1) is 0 Å². The Labute approximate surface area is 98.8 Å². The van der Waals surface area contributed by atoms with Crippen LogP contribution in [0.5, 0.6) is 0 Å². The molecule has 14 heavy (non-hydrogen) atoms. The maximum atomic E-state index is 5.30. The molecular formula is C11H13OSSe. The number of ether oxygens (including phenoxy) is 1. The molecule has 0 heterocycles. The minimum atomic E-state index is 0.601. The van der Waals surface area contributed by atoms with Crippen molar-refractivity contribution >= 4 is 33.5 Å². The summed E-state index contributed by atoms with van der Waals surface area (Å²) in [5, 5.41) is 0. The average molecular weight is 272 g/mol. The number of hydrogen-bond acceptors (Lipinski definition) is 2. The van der Waals surface area contributed by atoms with Crippen LogP contribution in [-0.4, -0.2) is 29.2 Å². The van der Waals surface area contributed by atoms with Crippen LogP contribution in [0.3, 0.4) is 0 Å². The maximum absolute atomic E-state index is 5.30. The molecule has 1 nitrogen and oxygen atoms in total. The molecule has 1 aromatic rings. The number of benzene rings is 1. The first-order valence-corrected chi connectivity index (χ1v) is 5.78. The van der Waals surface area contributed by atoms with E-state index >= 15 is 0 Å². The number of thiol groups is 1. The second kappa shape index (κ2) is 6.31. The molecule has 0 spiro atoms. The average Bonchev–Trinajstić information content (AvgIpc) is 2.26. The Balaban J connectivity index is 2.77. The van der Waals surface area contributed by atoms with E-state index in [9.17, 15) is 0 Å². The Morgan fingerprint density at radius 1 is 1.36 bits per heavy atom. The molecule has 0 saturated heterocycles. The normalized spacial score (nSPS) is 12.4. The summed E-state index contributed by atoms with van der Waals surface area (Å²) in [6.45, 7) is 3.30. The van der Waals surface area contributed by atoms with Crippen LogP contribution in [0.25, 0.3) is 4.91 Å². The van der Waals surface area contributed by atoms with Crippen LogP contribution < -0.4 is 0 Å². The summed E-state index contributed by atoms with van der Waals surface area (Å²) in [7, 11) is 0. The SMILES string of the molecule is CCOC/C([Se])=C(\S)c1ccccc1. The molecule has 0 aliphatic carbocycles. The molecule has 1 aromatic carbocycles. The predicted octanol–water partition coefficient (Wildman–Crippen LogP) is 2.49. The van der Waals surface area contributed by atoms with Gasteiger partial charge in [0.1, 0.15) is 0 Å². The second-order valence-electron chi connectivity index (χ2n) is 2.77. The van der Waals surface area contributed by atoms with Crippen molar-refractivity contribution in [1.29, 1.82) is 0 Å². The summed E-state index contributed by atoms with van der Waals surface area (Å²) >= 11 is 7.44. The van der Waals surface area contributed by atoms with Gasteiger partial charge >= 0.3 is 98.8 Å². The summed E-state index contributed by atoms with van der Waals surface area (Å²) in [6, 6.07) is 10.1. The number of rotatable bonds is 4. The van der Waals surface area contributed by atoms with Crippen LogP contribution in [0.15, 0.2) is 34.8 Å². The third-order valence-corrected chi connectivity index (χ3v) is 3.29. The van der Waals surface area contributed by atoms with Gasteiger partial charge in [0, 0.05) is 0 Å². The van der Waals surface area contributed by atoms with E-state index in [0.717, 1.165) is 21.5 Å². The molecule has 3 heteroatoms. The van der Waals surface area contributed by atoms with E-state index in [1.165, 1.54) is 0 Å². The van der Waals surface area contributed by atoms with Crippen molar-refractivity contribution in [3.63, 3.8) is 0 Å². The van der Waals surface area contributed by atoms with E-state index in [1.807, 2.05) is 37.3 Å². The molecule has 0 aliphatic heterocycles. The van der Waals surface area contributed by atoms with Gasteiger partial charge < -0.3 is 0 Å². The van der Waals surface area contributed by atoms with Gasteiger partial charge in [-0.05, 0) is 0 Å². The Hall–Kier alpha value is -0.211. The van der Waals surface area contributed by atoms with Crippen molar-refractivity contribution in [1.82, 2.24) is 0 Å². The van der Waals surface area contributed by atoms with E-state index in [0.29, 0.717) is 6.61 Å². The van der Waals surface area contributed by atoms with Crippen LogP contribution in [-0.2, 0) is 4.74 Å². The van der Waals surface area contributed by atoms with Gasteiger partial charge in [-0.25, -0.2) is 0 Å². The molecule has 0 fully saturated rings. The first kappa shape index (κ1) is 11.9. The van der Waals surface area contributed by atoms with Gasteiger partial charge in [0.2, 0.25) is 0 Å². The molecule has 0 aromatic heterocycles. The fourth-order valence-electron chi connectivity index (χ4n) is 1.02. The third-order valence-electron chi connectivity index (χ3n) is 1.75. The van der Waals surface area contributed by atoms with Gasteiger partial charge in [0.25, 0.3) is 0 Å². The first-order valence-electron chi connectivity index (χ1n) is 4.48. The van der Waals surface area contributed by atoms with E-state index in [-0.39, 0.29) is 0 Å². The van der Waals surface area contributed by atoms with Crippen LogP contribution in [0.4, 0.5) is 0 Å². The van der Waals surface area contributed by atoms with E-state index in [2.05, 4.69) is 28.6 Å². The fraction of sp³-hybridized carbons (Fsp3) is 0.273. The molecule has 0 saturated carbocycles. The van der Waals surface area contributed by atoms with Crippen molar-refractivity contribution in [2.24, 2.45) is 0 Å². The molecule has 0 atom stereocenters. The molecule has 1 rings (SSSR count). The van der Waals surface area contributed by atoms with Crippen molar-refractivity contribution in [3.8, 4) is 0 Å². The molecular weight excluding hydrogens is 259 g/mol. The third kappa shape index (κ3) is 3.50.